The van der Waals surface area contributed by atoms with E-state index in [2.05, 4.69) is 15.5 Å². The van der Waals surface area contributed by atoms with Crippen LogP contribution in [0.15, 0.2) is 22.6 Å². The minimum Gasteiger partial charge on any atom is -0.493 e. The van der Waals surface area contributed by atoms with E-state index >= 15 is 0 Å². The standard InChI is InChI=1S/C16H17N3O4S/c1-10-18-12(9-24-10)7-15(20)19-17-8-11-5-13(21-2)16-14(6-11)22-3-4-23-16/h5-6,8-9H,3-4,7H2,1-2H3,(H,19,20)/b17-8-. The summed E-state index contributed by atoms with van der Waals surface area (Å²) in [6, 6.07) is 3.56. The van der Waals surface area contributed by atoms with Gasteiger partial charge in [0, 0.05) is 10.9 Å². The Morgan fingerprint density at radius 3 is 3.04 bits per heavy atom. The summed E-state index contributed by atoms with van der Waals surface area (Å²) in [5.41, 5.74) is 3.97. The number of rotatable bonds is 5. The molecule has 2 aromatic rings. The monoisotopic (exact) mass is 347 g/mol. The summed E-state index contributed by atoms with van der Waals surface area (Å²) in [5.74, 6) is 1.54. The zero-order valence-corrected chi connectivity index (χ0v) is 14.2. The number of hydrogen-bond acceptors (Lipinski definition) is 7. The highest BCUT2D eigenvalue weighted by atomic mass is 32.1. The van der Waals surface area contributed by atoms with Gasteiger partial charge in [-0.1, -0.05) is 0 Å². The molecule has 1 aliphatic heterocycles. The lowest BCUT2D eigenvalue weighted by molar-refractivity contribution is -0.120. The highest BCUT2D eigenvalue weighted by molar-refractivity contribution is 7.09. The molecular formula is C16H17N3O4S. The second-order valence-electron chi connectivity index (χ2n) is 5.08. The van der Waals surface area contributed by atoms with Crippen molar-refractivity contribution >= 4 is 23.5 Å². The summed E-state index contributed by atoms with van der Waals surface area (Å²) in [6.07, 6.45) is 1.73. The van der Waals surface area contributed by atoms with Gasteiger partial charge in [-0.2, -0.15) is 5.10 Å². The van der Waals surface area contributed by atoms with Crippen molar-refractivity contribution in [1.29, 1.82) is 0 Å². The summed E-state index contributed by atoms with van der Waals surface area (Å²) in [6.45, 7) is 2.88. The van der Waals surface area contributed by atoms with Crippen molar-refractivity contribution in [2.75, 3.05) is 20.3 Å². The minimum absolute atomic E-state index is 0.201. The summed E-state index contributed by atoms with van der Waals surface area (Å²) in [7, 11) is 1.56. The van der Waals surface area contributed by atoms with Crippen LogP contribution in [0.25, 0.3) is 0 Å². The first kappa shape index (κ1) is 16.3. The van der Waals surface area contributed by atoms with E-state index in [4.69, 9.17) is 14.2 Å². The van der Waals surface area contributed by atoms with Crippen LogP contribution in [-0.4, -0.2) is 37.4 Å². The van der Waals surface area contributed by atoms with Gasteiger partial charge in [-0.05, 0) is 19.1 Å². The largest absolute Gasteiger partial charge is 0.493 e. The van der Waals surface area contributed by atoms with E-state index in [0.717, 1.165) is 16.3 Å². The molecule has 1 aliphatic rings. The van der Waals surface area contributed by atoms with Crippen LogP contribution in [0, 0.1) is 6.92 Å². The van der Waals surface area contributed by atoms with Crippen LogP contribution in [0.3, 0.4) is 0 Å². The Labute approximate surface area is 143 Å². The van der Waals surface area contributed by atoms with E-state index in [1.807, 2.05) is 12.3 Å². The van der Waals surface area contributed by atoms with Gasteiger partial charge in [0.1, 0.15) is 13.2 Å². The molecule has 1 N–H and O–H groups in total. The van der Waals surface area contributed by atoms with E-state index in [0.29, 0.717) is 30.5 Å². The summed E-state index contributed by atoms with van der Waals surface area (Å²) >= 11 is 1.52. The van der Waals surface area contributed by atoms with Gasteiger partial charge in [-0.25, -0.2) is 10.4 Å². The van der Waals surface area contributed by atoms with Gasteiger partial charge in [0.2, 0.25) is 11.7 Å². The number of methoxy groups -OCH3 is 1. The van der Waals surface area contributed by atoms with E-state index in [1.165, 1.54) is 17.6 Å². The van der Waals surface area contributed by atoms with Gasteiger partial charge in [0.15, 0.2) is 11.5 Å². The molecule has 2 heterocycles. The SMILES string of the molecule is COc1cc(/C=N\NC(=O)Cc2csc(C)n2)cc2c1OCCO2. The Kier molecular flexibility index (Phi) is 4.95. The number of nitrogens with one attached hydrogen (secondary N) is 1. The number of hydrazone groups is 1. The predicted octanol–water partition coefficient (Wildman–Crippen LogP) is 1.92. The minimum atomic E-state index is -0.221. The lowest BCUT2D eigenvalue weighted by atomic mass is 10.2. The molecule has 0 saturated heterocycles. The molecule has 1 amide bonds. The Morgan fingerprint density at radius 1 is 1.46 bits per heavy atom. The normalized spacial score (nSPS) is 13.1. The van der Waals surface area contributed by atoms with Gasteiger partial charge in [0.05, 0.1) is 30.4 Å². The molecule has 0 fully saturated rings. The lowest BCUT2D eigenvalue weighted by Crippen LogP contribution is -2.20. The second-order valence-corrected chi connectivity index (χ2v) is 6.14. The average Bonchev–Trinajstić information content (AvgIpc) is 2.98. The molecule has 7 nitrogen and oxygen atoms in total. The smallest absolute Gasteiger partial charge is 0.246 e. The molecule has 0 bridgehead atoms. The molecule has 0 saturated carbocycles. The van der Waals surface area contributed by atoms with Gasteiger partial charge in [-0.15, -0.1) is 11.3 Å². The highest BCUT2D eigenvalue weighted by Crippen LogP contribution is 2.39. The third-order valence-electron chi connectivity index (χ3n) is 3.26. The maximum absolute atomic E-state index is 11.8. The van der Waals surface area contributed by atoms with Gasteiger partial charge in [0.25, 0.3) is 0 Å². The van der Waals surface area contributed by atoms with E-state index in [9.17, 15) is 4.79 Å². The average molecular weight is 347 g/mol. The fraction of sp³-hybridized carbons (Fsp3) is 0.312. The molecule has 0 aliphatic carbocycles. The Morgan fingerprint density at radius 2 is 2.29 bits per heavy atom. The number of hydrogen-bond donors (Lipinski definition) is 1. The Hall–Kier alpha value is -2.61. The van der Waals surface area contributed by atoms with Crippen LogP contribution in [0.2, 0.25) is 0 Å². The number of carbonyl (C=O) groups excluding carboxylic acids is 1. The van der Waals surface area contributed by atoms with Crippen LogP contribution >= 0.6 is 11.3 Å². The summed E-state index contributed by atoms with van der Waals surface area (Å²) in [4.78, 5) is 16.1. The van der Waals surface area contributed by atoms with Crippen molar-refractivity contribution in [1.82, 2.24) is 10.4 Å². The fourth-order valence-corrected chi connectivity index (χ4v) is 2.85. The van der Waals surface area contributed by atoms with E-state index in [-0.39, 0.29) is 12.3 Å². The topological polar surface area (TPSA) is 82.0 Å². The number of aryl methyl sites for hydroxylation is 1. The van der Waals surface area contributed by atoms with Crippen LogP contribution in [0.1, 0.15) is 16.3 Å². The quantitative estimate of drug-likeness (QED) is 0.660. The molecule has 8 heteroatoms. The number of fused-ring (bicyclic) bond motifs is 1. The third-order valence-corrected chi connectivity index (χ3v) is 4.08. The van der Waals surface area contributed by atoms with Crippen molar-refractivity contribution < 1.29 is 19.0 Å². The first-order chi connectivity index (χ1) is 11.7. The zero-order chi connectivity index (χ0) is 16.9. The highest BCUT2D eigenvalue weighted by Gasteiger charge is 2.17. The molecule has 24 heavy (non-hydrogen) atoms. The molecule has 126 valence electrons. The zero-order valence-electron chi connectivity index (χ0n) is 13.4. The van der Waals surface area contributed by atoms with Crippen molar-refractivity contribution in [3.05, 3.63) is 33.8 Å². The van der Waals surface area contributed by atoms with Crippen LogP contribution in [-0.2, 0) is 11.2 Å². The molecular weight excluding hydrogens is 330 g/mol. The summed E-state index contributed by atoms with van der Waals surface area (Å²) in [5, 5.41) is 6.77. The van der Waals surface area contributed by atoms with Gasteiger partial charge in [-0.3, -0.25) is 4.79 Å². The first-order valence-corrected chi connectivity index (χ1v) is 8.24. The Balaban J connectivity index is 1.64. The molecule has 3 rings (SSSR count). The number of ether oxygens (including phenoxy) is 3. The number of benzene rings is 1. The Bertz CT molecular complexity index is 755. The predicted molar refractivity (Wildman–Crippen MR) is 90.3 cm³/mol. The van der Waals surface area contributed by atoms with E-state index < -0.39 is 0 Å². The molecule has 0 radical (unpaired) electrons. The van der Waals surface area contributed by atoms with Crippen LogP contribution < -0.4 is 19.6 Å². The van der Waals surface area contributed by atoms with Gasteiger partial charge < -0.3 is 14.2 Å². The van der Waals surface area contributed by atoms with Gasteiger partial charge >= 0.3 is 0 Å². The van der Waals surface area contributed by atoms with Crippen molar-refractivity contribution in [2.24, 2.45) is 5.10 Å². The van der Waals surface area contributed by atoms with E-state index in [1.54, 1.807) is 19.2 Å². The number of nitrogens with zero attached hydrogens (tertiary/aromatic N) is 2. The number of carbonyl (C=O) groups is 1. The number of thiazole rings is 1. The number of aromatic nitrogens is 1. The molecule has 1 aromatic heterocycles. The van der Waals surface area contributed by atoms with Crippen molar-refractivity contribution in [3.63, 3.8) is 0 Å². The fourth-order valence-electron chi connectivity index (χ4n) is 2.24. The maximum Gasteiger partial charge on any atom is 0.246 e. The van der Waals surface area contributed by atoms with Crippen LogP contribution in [0.5, 0.6) is 17.2 Å². The molecule has 0 unspecified atom stereocenters. The maximum atomic E-state index is 11.8. The number of amides is 1. The third kappa shape index (κ3) is 3.83. The second kappa shape index (κ2) is 7.31. The van der Waals surface area contributed by atoms with Crippen LogP contribution in [0.4, 0.5) is 0 Å². The van der Waals surface area contributed by atoms with Crippen molar-refractivity contribution in [2.45, 2.75) is 13.3 Å². The van der Waals surface area contributed by atoms with Crippen molar-refractivity contribution in [3.8, 4) is 17.2 Å². The molecule has 0 atom stereocenters. The first-order valence-electron chi connectivity index (χ1n) is 7.36. The molecule has 0 spiro atoms. The lowest BCUT2D eigenvalue weighted by Gasteiger charge is -2.20. The summed E-state index contributed by atoms with van der Waals surface area (Å²) < 4.78 is 16.4. The molecule has 1 aromatic carbocycles.